The summed E-state index contributed by atoms with van der Waals surface area (Å²) in [7, 11) is 0. The van der Waals surface area contributed by atoms with Crippen molar-refractivity contribution in [3.63, 3.8) is 0 Å². The van der Waals surface area contributed by atoms with Crippen LogP contribution < -0.4 is 5.32 Å². The minimum absolute atomic E-state index is 0.00405. The van der Waals surface area contributed by atoms with Crippen LogP contribution in [0.1, 0.15) is 6.92 Å². The molecule has 0 aliphatic carbocycles. The molecule has 1 aliphatic rings. The molecule has 2 rings (SSSR count). The zero-order chi connectivity index (χ0) is 14.7. The third-order valence-corrected chi connectivity index (χ3v) is 2.99. The van der Waals surface area contributed by atoms with Crippen molar-refractivity contribution >= 4 is 45.7 Å². The number of nitrogens with one attached hydrogen (secondary N) is 1. The van der Waals surface area contributed by atoms with Crippen molar-refractivity contribution in [2.75, 3.05) is 11.9 Å². The first kappa shape index (κ1) is 14.4. The highest BCUT2D eigenvalue weighted by atomic mass is 35.5. The van der Waals surface area contributed by atoms with Gasteiger partial charge in [-0.05, 0) is 25.1 Å². The number of hydrogen-bond acceptors (Lipinski definition) is 5. The Kier molecular flexibility index (Phi) is 4.28. The zero-order valence-corrected chi connectivity index (χ0v) is 11.9. The molecule has 102 valence electrons. The Hall–Kier alpha value is -2.03. The van der Waals surface area contributed by atoms with Crippen LogP contribution in [0.3, 0.4) is 0 Å². The molecule has 0 saturated carbocycles. The predicted molar refractivity (Wildman–Crippen MR) is 77.3 cm³/mol. The molecule has 1 N–H and O–H groups in total. The number of esters is 1. The van der Waals surface area contributed by atoms with Gasteiger partial charge in [-0.3, -0.25) is 0 Å². The molecule has 0 atom stereocenters. The molecular formula is C13H9Cl2N3O2. The molecule has 0 unspecified atom stereocenters. The fourth-order valence-electron chi connectivity index (χ4n) is 1.62. The molecule has 1 aromatic carbocycles. The number of nitrogens with zero attached hydrogens (tertiary/aromatic N) is 2. The normalized spacial score (nSPS) is 15.4. The summed E-state index contributed by atoms with van der Waals surface area (Å²) in [6.45, 7) is 1.82. The number of carbonyl (C=O) groups excluding carboxylic acids is 1. The van der Waals surface area contributed by atoms with E-state index in [1.54, 1.807) is 31.2 Å². The standard InChI is InChI=1S/C13H9Cl2N3O2/c1-2-20-13(19)8(6-16)11-12(15)18-10-5-7(14)3-4-9(10)17-11/h3-5,17H,2H2,1H3. The number of halogens is 2. The van der Waals surface area contributed by atoms with Gasteiger partial charge in [0.1, 0.15) is 11.8 Å². The molecule has 0 amide bonds. The van der Waals surface area contributed by atoms with E-state index in [1.807, 2.05) is 0 Å². The van der Waals surface area contributed by atoms with Crippen LogP contribution >= 0.6 is 23.2 Å². The van der Waals surface area contributed by atoms with Gasteiger partial charge >= 0.3 is 5.97 Å². The predicted octanol–water partition coefficient (Wildman–Crippen LogP) is 3.38. The topological polar surface area (TPSA) is 74.5 Å². The van der Waals surface area contributed by atoms with Crippen molar-refractivity contribution in [3.8, 4) is 6.07 Å². The highest BCUT2D eigenvalue weighted by Gasteiger charge is 2.24. The first-order chi connectivity index (χ1) is 9.56. The summed E-state index contributed by atoms with van der Waals surface area (Å²) in [5, 5.41) is 12.5. The largest absolute Gasteiger partial charge is 0.462 e. The van der Waals surface area contributed by atoms with Gasteiger partial charge in [0.2, 0.25) is 0 Å². The zero-order valence-electron chi connectivity index (χ0n) is 10.4. The Bertz CT molecular complexity index is 675. The lowest BCUT2D eigenvalue weighted by Gasteiger charge is -2.18. The highest BCUT2D eigenvalue weighted by Crippen LogP contribution is 2.35. The molecule has 0 bridgehead atoms. The van der Waals surface area contributed by atoms with E-state index < -0.39 is 5.97 Å². The van der Waals surface area contributed by atoms with Crippen LogP contribution in [0.5, 0.6) is 0 Å². The van der Waals surface area contributed by atoms with Crippen molar-refractivity contribution < 1.29 is 9.53 Å². The fourth-order valence-corrected chi connectivity index (χ4v) is 2.02. The van der Waals surface area contributed by atoms with E-state index in [-0.39, 0.29) is 23.0 Å². The Labute approximate surface area is 125 Å². The van der Waals surface area contributed by atoms with E-state index in [0.29, 0.717) is 16.4 Å². The van der Waals surface area contributed by atoms with Gasteiger partial charge in [0, 0.05) is 5.02 Å². The van der Waals surface area contributed by atoms with E-state index in [2.05, 4.69) is 10.3 Å². The highest BCUT2D eigenvalue weighted by molar-refractivity contribution is 6.70. The van der Waals surface area contributed by atoms with Crippen molar-refractivity contribution in [2.24, 2.45) is 4.99 Å². The van der Waals surface area contributed by atoms with Gasteiger partial charge in [-0.2, -0.15) is 5.26 Å². The average molecular weight is 310 g/mol. The van der Waals surface area contributed by atoms with Gasteiger partial charge < -0.3 is 10.1 Å². The third-order valence-electron chi connectivity index (χ3n) is 2.49. The fraction of sp³-hybridized carbons (Fsp3) is 0.154. The van der Waals surface area contributed by atoms with Gasteiger partial charge in [-0.15, -0.1) is 0 Å². The van der Waals surface area contributed by atoms with E-state index >= 15 is 0 Å². The Balaban J connectivity index is 2.49. The molecule has 0 saturated heterocycles. The number of anilines is 1. The average Bonchev–Trinajstić information content (AvgIpc) is 2.40. The van der Waals surface area contributed by atoms with Crippen molar-refractivity contribution in [1.82, 2.24) is 0 Å². The first-order valence-corrected chi connectivity index (χ1v) is 6.45. The Morgan fingerprint density at radius 1 is 1.50 bits per heavy atom. The maximum Gasteiger partial charge on any atom is 0.351 e. The minimum atomic E-state index is -0.747. The Morgan fingerprint density at radius 3 is 2.90 bits per heavy atom. The molecule has 1 aliphatic heterocycles. The molecule has 0 fully saturated rings. The minimum Gasteiger partial charge on any atom is -0.462 e. The molecule has 0 spiro atoms. The summed E-state index contributed by atoms with van der Waals surface area (Å²) in [5.41, 5.74) is 1.04. The van der Waals surface area contributed by atoms with Crippen LogP contribution in [0.15, 0.2) is 34.5 Å². The lowest BCUT2D eigenvalue weighted by Crippen LogP contribution is -2.18. The number of nitriles is 1. The van der Waals surface area contributed by atoms with E-state index in [0.717, 1.165) is 0 Å². The first-order valence-electron chi connectivity index (χ1n) is 5.69. The number of fused-ring (bicyclic) bond motifs is 1. The molecule has 1 aromatic rings. The van der Waals surface area contributed by atoms with E-state index in [9.17, 15) is 4.79 Å². The van der Waals surface area contributed by atoms with Crippen molar-refractivity contribution in [1.29, 1.82) is 5.26 Å². The second-order valence-electron chi connectivity index (χ2n) is 3.77. The van der Waals surface area contributed by atoms with Gasteiger partial charge in [0.05, 0.1) is 18.0 Å². The van der Waals surface area contributed by atoms with Gasteiger partial charge in [-0.1, -0.05) is 23.2 Å². The van der Waals surface area contributed by atoms with Gasteiger partial charge in [0.25, 0.3) is 0 Å². The lowest BCUT2D eigenvalue weighted by atomic mass is 10.1. The summed E-state index contributed by atoms with van der Waals surface area (Å²) in [6.07, 6.45) is 0. The Morgan fingerprint density at radius 2 is 2.25 bits per heavy atom. The molecule has 5 nitrogen and oxygen atoms in total. The maximum atomic E-state index is 11.7. The number of hydrogen-bond donors (Lipinski definition) is 1. The van der Waals surface area contributed by atoms with Gasteiger partial charge in [0.15, 0.2) is 10.7 Å². The molecule has 7 heteroatoms. The lowest BCUT2D eigenvalue weighted by molar-refractivity contribution is -0.138. The van der Waals surface area contributed by atoms with Crippen LogP contribution in [-0.4, -0.2) is 17.7 Å². The number of ether oxygens (including phenoxy) is 1. The number of benzene rings is 1. The van der Waals surface area contributed by atoms with Crippen LogP contribution in [0, 0.1) is 11.3 Å². The van der Waals surface area contributed by atoms with Gasteiger partial charge in [-0.25, -0.2) is 9.79 Å². The van der Waals surface area contributed by atoms with Crippen molar-refractivity contribution in [2.45, 2.75) is 6.92 Å². The van der Waals surface area contributed by atoms with Crippen LogP contribution in [0.4, 0.5) is 11.4 Å². The number of aliphatic imine (C=N–C) groups is 1. The quantitative estimate of drug-likeness (QED) is 0.516. The number of allylic oxidation sites excluding steroid dienone is 1. The summed E-state index contributed by atoms with van der Waals surface area (Å²) in [4.78, 5) is 15.8. The van der Waals surface area contributed by atoms with Crippen LogP contribution in [0.2, 0.25) is 5.02 Å². The number of rotatable bonds is 2. The molecule has 0 aromatic heterocycles. The third kappa shape index (κ3) is 2.77. The van der Waals surface area contributed by atoms with E-state index in [4.69, 9.17) is 33.2 Å². The summed E-state index contributed by atoms with van der Waals surface area (Å²) < 4.78 is 4.81. The summed E-state index contributed by atoms with van der Waals surface area (Å²) >= 11 is 11.9. The maximum absolute atomic E-state index is 11.7. The molecule has 20 heavy (non-hydrogen) atoms. The molecule has 0 radical (unpaired) electrons. The second kappa shape index (κ2) is 5.95. The number of carbonyl (C=O) groups is 1. The smallest absolute Gasteiger partial charge is 0.351 e. The van der Waals surface area contributed by atoms with E-state index in [1.165, 1.54) is 0 Å². The second-order valence-corrected chi connectivity index (χ2v) is 4.57. The van der Waals surface area contributed by atoms with Crippen LogP contribution in [0.25, 0.3) is 0 Å². The SMILES string of the molecule is CCOC(=O)C(C#N)=C1Nc2ccc(Cl)cc2N=C1Cl. The monoisotopic (exact) mass is 309 g/mol. The molecular weight excluding hydrogens is 301 g/mol. The van der Waals surface area contributed by atoms with Crippen molar-refractivity contribution in [3.05, 3.63) is 34.5 Å². The molecule has 1 heterocycles. The summed E-state index contributed by atoms with van der Waals surface area (Å²) in [6, 6.07) is 6.75. The van der Waals surface area contributed by atoms with Crippen LogP contribution in [-0.2, 0) is 9.53 Å². The summed E-state index contributed by atoms with van der Waals surface area (Å²) in [5.74, 6) is -0.747.